The van der Waals surface area contributed by atoms with E-state index in [1.807, 2.05) is 0 Å². The van der Waals surface area contributed by atoms with E-state index in [1.54, 1.807) is 12.1 Å². The van der Waals surface area contributed by atoms with Crippen LogP contribution in [0.5, 0.6) is 0 Å². The largest absolute Gasteiger partial charge is 0.438 e. The molecule has 0 aromatic heterocycles. The Balaban J connectivity index is 1.22. The molecule has 2 heterocycles. The van der Waals surface area contributed by atoms with Gasteiger partial charge in [-0.2, -0.15) is 13.2 Å². The maximum Gasteiger partial charge on any atom is 0.416 e. The number of fused-ring (bicyclic) bond motifs is 2. The fourth-order valence-electron chi connectivity index (χ4n) is 5.59. The van der Waals surface area contributed by atoms with Crippen LogP contribution in [0.15, 0.2) is 66.7 Å². The number of hydrogen-bond donors (Lipinski definition) is 2. The molecule has 3 aromatic rings. The lowest BCUT2D eigenvalue weighted by Gasteiger charge is -2.44. The van der Waals surface area contributed by atoms with Crippen molar-refractivity contribution in [1.29, 1.82) is 0 Å². The second-order valence-electron chi connectivity index (χ2n) is 10.8. The molecule has 1 fully saturated rings. The summed E-state index contributed by atoms with van der Waals surface area (Å²) >= 11 is 0. The summed E-state index contributed by atoms with van der Waals surface area (Å²) in [7, 11) is 0. The Bertz CT molecular complexity index is 1420. The first kappa shape index (κ1) is 29.5. The van der Waals surface area contributed by atoms with Crippen LogP contribution in [0, 0.1) is 17.6 Å². The molecule has 1 atom stereocenters. The molecule has 42 heavy (non-hydrogen) atoms. The Morgan fingerprint density at radius 2 is 1.60 bits per heavy atom. The third-order valence-corrected chi connectivity index (χ3v) is 7.97. The average molecular weight is 588 g/mol. The van der Waals surface area contributed by atoms with E-state index in [2.05, 4.69) is 15.5 Å². The molecule has 222 valence electrons. The van der Waals surface area contributed by atoms with Gasteiger partial charge in [-0.1, -0.05) is 24.3 Å². The second kappa shape index (κ2) is 12.1. The quantitative estimate of drug-likeness (QED) is 0.299. The highest BCUT2D eigenvalue weighted by molar-refractivity contribution is 5.88. The van der Waals surface area contributed by atoms with Crippen molar-refractivity contribution in [1.82, 2.24) is 10.2 Å². The van der Waals surface area contributed by atoms with Gasteiger partial charge in [-0.3, -0.25) is 10.1 Å². The first-order chi connectivity index (χ1) is 20.0. The molecule has 0 aliphatic carbocycles. The van der Waals surface area contributed by atoms with Gasteiger partial charge in [0.05, 0.1) is 11.3 Å². The van der Waals surface area contributed by atoms with E-state index in [9.17, 15) is 31.5 Å². The first-order valence-electron chi connectivity index (χ1n) is 13.7. The Kier molecular flexibility index (Phi) is 8.49. The number of anilines is 1. The van der Waals surface area contributed by atoms with Crippen LogP contribution in [0.3, 0.4) is 0 Å². The highest BCUT2D eigenvalue weighted by Gasteiger charge is 2.44. The lowest BCUT2D eigenvalue weighted by Crippen LogP contribution is -2.48. The van der Waals surface area contributed by atoms with Crippen molar-refractivity contribution >= 4 is 17.7 Å². The van der Waals surface area contributed by atoms with Gasteiger partial charge in [0.2, 0.25) is 5.91 Å². The van der Waals surface area contributed by atoms with Crippen LogP contribution >= 0.6 is 0 Å². The smallest absolute Gasteiger partial charge is 0.416 e. The summed E-state index contributed by atoms with van der Waals surface area (Å²) in [6.45, 7) is 1.73. The maximum atomic E-state index is 14.0. The molecule has 2 N–H and O–H groups in total. The van der Waals surface area contributed by atoms with E-state index in [0.717, 1.165) is 17.7 Å². The molecule has 2 aliphatic heterocycles. The molecule has 11 heteroatoms. The van der Waals surface area contributed by atoms with Gasteiger partial charge < -0.3 is 15.0 Å². The Morgan fingerprint density at radius 3 is 2.26 bits per heavy atom. The fraction of sp³-hybridized carbons (Fsp3) is 0.355. The fourth-order valence-corrected chi connectivity index (χ4v) is 5.59. The number of piperidine rings is 1. The summed E-state index contributed by atoms with van der Waals surface area (Å²) in [6, 6.07) is 14.7. The number of carbonyl (C=O) groups excluding carboxylic acids is 2. The predicted octanol–water partition coefficient (Wildman–Crippen LogP) is 6.40. The molecule has 3 aromatic carbocycles. The molecule has 0 radical (unpaired) electrons. The number of alkyl halides is 3. The molecular formula is C31H30F5N3O3. The first-order valence-corrected chi connectivity index (χ1v) is 13.7. The Labute approximate surface area is 239 Å². The highest BCUT2D eigenvalue weighted by Crippen LogP contribution is 2.43. The van der Waals surface area contributed by atoms with Gasteiger partial charge in [-0.05, 0) is 73.0 Å². The number of carbonyl (C=O) groups is 2. The van der Waals surface area contributed by atoms with E-state index in [0.29, 0.717) is 62.1 Å². The van der Waals surface area contributed by atoms with Crippen LogP contribution in [0.2, 0.25) is 0 Å². The molecule has 5 rings (SSSR count). The maximum absolute atomic E-state index is 14.0. The van der Waals surface area contributed by atoms with Gasteiger partial charge in [0.1, 0.15) is 17.2 Å². The third-order valence-electron chi connectivity index (χ3n) is 7.97. The standard InChI is InChI=1S/C31H30F5N3O3/c32-24-7-3-20(4-8-24)17-22(28(40)37-19-21-1-5-23(6-2-21)31(34,35)36)11-14-39-15-12-30(13-16-39)26-18-25(33)9-10-27(26)38-29(41)42-30/h1-10,18,22H,11-17,19H2,(H,37,40)(H,38,41). The van der Waals surface area contributed by atoms with Crippen LogP contribution in [0.1, 0.15) is 41.5 Å². The minimum atomic E-state index is -4.44. The number of ether oxygens (including phenoxy) is 1. The normalized spacial score (nSPS) is 17.2. The van der Waals surface area contributed by atoms with E-state index in [1.165, 1.54) is 42.5 Å². The van der Waals surface area contributed by atoms with Crippen LogP contribution in [-0.2, 0) is 34.3 Å². The summed E-state index contributed by atoms with van der Waals surface area (Å²) in [6.07, 6.45) is -3.28. The highest BCUT2D eigenvalue weighted by atomic mass is 19.4. The number of nitrogens with one attached hydrogen (secondary N) is 2. The summed E-state index contributed by atoms with van der Waals surface area (Å²) in [5.74, 6) is -1.54. The molecule has 2 aliphatic rings. The summed E-state index contributed by atoms with van der Waals surface area (Å²) in [5, 5.41) is 5.45. The number of hydrogen-bond acceptors (Lipinski definition) is 4. The molecule has 6 nitrogen and oxygen atoms in total. The van der Waals surface area contributed by atoms with E-state index >= 15 is 0 Å². The lowest BCUT2D eigenvalue weighted by atomic mass is 9.82. The number of likely N-dealkylation sites (tertiary alicyclic amines) is 1. The molecular weight excluding hydrogens is 557 g/mol. The summed E-state index contributed by atoms with van der Waals surface area (Å²) in [4.78, 5) is 27.6. The van der Waals surface area contributed by atoms with Gasteiger partial charge in [0, 0.05) is 44.0 Å². The SMILES string of the molecule is O=C1Nc2ccc(F)cc2C2(CCN(CCC(Cc3ccc(F)cc3)C(=O)NCc3ccc(C(F)(F)F)cc3)CC2)O1. The van der Waals surface area contributed by atoms with Gasteiger partial charge in [-0.25, -0.2) is 13.6 Å². The van der Waals surface area contributed by atoms with Crippen molar-refractivity contribution in [2.24, 2.45) is 5.92 Å². The monoisotopic (exact) mass is 587 g/mol. The van der Waals surface area contributed by atoms with Crippen LogP contribution in [-0.4, -0.2) is 36.5 Å². The number of rotatable bonds is 8. The third kappa shape index (κ3) is 6.89. The zero-order chi connectivity index (χ0) is 29.9. The minimum absolute atomic E-state index is 0.0680. The molecule has 1 spiro atoms. The van der Waals surface area contributed by atoms with Crippen LogP contribution in [0.25, 0.3) is 0 Å². The topological polar surface area (TPSA) is 70.7 Å². The van der Waals surface area contributed by atoms with E-state index in [4.69, 9.17) is 4.74 Å². The molecule has 1 saturated heterocycles. The van der Waals surface area contributed by atoms with Gasteiger partial charge >= 0.3 is 12.3 Å². The van der Waals surface area contributed by atoms with E-state index in [-0.39, 0.29) is 18.3 Å². The predicted molar refractivity (Wildman–Crippen MR) is 145 cm³/mol. The number of nitrogens with zero attached hydrogens (tertiary/aromatic N) is 1. The number of benzene rings is 3. The van der Waals surface area contributed by atoms with Crippen molar-refractivity contribution in [3.63, 3.8) is 0 Å². The average Bonchev–Trinajstić information content (AvgIpc) is 2.96. The lowest BCUT2D eigenvalue weighted by molar-refractivity contribution is -0.137. The van der Waals surface area contributed by atoms with Gasteiger partial charge in [0.15, 0.2) is 0 Å². The van der Waals surface area contributed by atoms with Crippen molar-refractivity contribution < 1.29 is 36.3 Å². The molecule has 0 saturated carbocycles. The summed E-state index contributed by atoms with van der Waals surface area (Å²) < 4.78 is 71.8. The second-order valence-corrected chi connectivity index (χ2v) is 10.8. The van der Waals surface area contributed by atoms with Crippen LogP contribution < -0.4 is 10.6 Å². The van der Waals surface area contributed by atoms with Gasteiger partial charge in [0.25, 0.3) is 0 Å². The Hall–Kier alpha value is -3.99. The van der Waals surface area contributed by atoms with Crippen molar-refractivity contribution in [2.75, 3.05) is 25.0 Å². The Morgan fingerprint density at radius 1 is 0.952 bits per heavy atom. The summed E-state index contributed by atoms with van der Waals surface area (Å²) in [5.41, 5.74) is 0.769. The zero-order valence-electron chi connectivity index (χ0n) is 22.6. The minimum Gasteiger partial charge on any atom is -0.438 e. The molecule has 1 unspecified atom stereocenters. The number of amides is 2. The van der Waals surface area contributed by atoms with Crippen molar-refractivity contribution in [3.05, 3.63) is 101 Å². The van der Waals surface area contributed by atoms with Crippen LogP contribution in [0.4, 0.5) is 32.4 Å². The van der Waals surface area contributed by atoms with Gasteiger partial charge in [-0.15, -0.1) is 0 Å². The van der Waals surface area contributed by atoms with Crippen molar-refractivity contribution in [2.45, 2.75) is 44.0 Å². The zero-order valence-corrected chi connectivity index (χ0v) is 22.6. The molecule has 2 amide bonds. The number of halogens is 5. The molecule has 0 bridgehead atoms. The van der Waals surface area contributed by atoms with Crippen molar-refractivity contribution in [3.8, 4) is 0 Å². The van der Waals surface area contributed by atoms with E-state index < -0.39 is 35.2 Å².